The van der Waals surface area contributed by atoms with Crippen molar-refractivity contribution >= 4 is 5.69 Å². The number of hydrogen-bond donors (Lipinski definition) is 1. The van der Waals surface area contributed by atoms with Gasteiger partial charge in [0.25, 0.3) is 11.6 Å². The Morgan fingerprint density at radius 3 is 2.32 bits per heavy atom. The standard InChI is InChI=1S/C18H18N4O3/c1-12(14-6-4-3-5-7-14)19-13(2)17-20-21-18(25-17)15-8-10-16(11-9-15)22(23)24/h3-13,19H,1-2H3/p+1/t12-,13+/m1/s1. The van der Waals surface area contributed by atoms with Gasteiger partial charge < -0.3 is 9.73 Å². The number of nitro benzene ring substituents is 1. The lowest BCUT2D eigenvalue weighted by Crippen LogP contribution is -2.85. The summed E-state index contributed by atoms with van der Waals surface area (Å²) in [6, 6.07) is 16.5. The van der Waals surface area contributed by atoms with Crippen molar-refractivity contribution in [1.29, 1.82) is 0 Å². The molecule has 2 atom stereocenters. The van der Waals surface area contributed by atoms with Gasteiger partial charge in [-0.05, 0) is 26.0 Å². The molecule has 7 nitrogen and oxygen atoms in total. The maximum Gasteiger partial charge on any atom is 0.274 e. The smallest absolute Gasteiger partial charge is 0.274 e. The summed E-state index contributed by atoms with van der Waals surface area (Å²) in [6.45, 7) is 4.13. The number of benzene rings is 2. The molecule has 2 N–H and O–H groups in total. The average molecular weight is 339 g/mol. The van der Waals surface area contributed by atoms with E-state index in [2.05, 4.69) is 34.6 Å². The van der Waals surface area contributed by atoms with Gasteiger partial charge in [0.1, 0.15) is 6.04 Å². The fraction of sp³-hybridized carbons (Fsp3) is 0.222. The summed E-state index contributed by atoms with van der Waals surface area (Å²) in [5.41, 5.74) is 1.92. The van der Waals surface area contributed by atoms with Crippen molar-refractivity contribution < 1.29 is 14.7 Å². The average Bonchev–Trinajstić information content (AvgIpc) is 3.13. The van der Waals surface area contributed by atoms with Gasteiger partial charge >= 0.3 is 0 Å². The summed E-state index contributed by atoms with van der Waals surface area (Å²) in [5, 5.41) is 21.0. The van der Waals surface area contributed by atoms with E-state index in [1.165, 1.54) is 17.7 Å². The minimum atomic E-state index is -0.439. The minimum Gasteiger partial charge on any atom is -0.415 e. The quantitative estimate of drug-likeness (QED) is 0.550. The SMILES string of the molecule is C[C@H]([NH2+][C@H](C)c1ccccc1)c1nnc(-c2ccc([N+](=O)[O-])cc2)o1. The van der Waals surface area contributed by atoms with E-state index < -0.39 is 4.92 Å². The van der Waals surface area contributed by atoms with Crippen LogP contribution < -0.4 is 5.32 Å². The Balaban J connectivity index is 1.71. The molecule has 25 heavy (non-hydrogen) atoms. The molecule has 3 rings (SSSR count). The molecule has 0 aliphatic heterocycles. The van der Waals surface area contributed by atoms with Crippen molar-refractivity contribution in [3.05, 3.63) is 76.2 Å². The van der Waals surface area contributed by atoms with Gasteiger partial charge in [-0.3, -0.25) is 10.1 Å². The molecule has 1 aromatic heterocycles. The van der Waals surface area contributed by atoms with Crippen LogP contribution in [0.1, 0.15) is 37.4 Å². The van der Waals surface area contributed by atoms with Crippen molar-refractivity contribution in [3.63, 3.8) is 0 Å². The van der Waals surface area contributed by atoms with Gasteiger partial charge in [0.05, 0.1) is 4.92 Å². The molecule has 3 aromatic rings. The van der Waals surface area contributed by atoms with E-state index in [-0.39, 0.29) is 17.8 Å². The number of nitrogens with zero attached hydrogens (tertiary/aromatic N) is 3. The maximum absolute atomic E-state index is 10.7. The van der Waals surface area contributed by atoms with Crippen molar-refractivity contribution in [1.82, 2.24) is 10.2 Å². The Kier molecular flexibility index (Phi) is 4.85. The van der Waals surface area contributed by atoms with E-state index in [1.54, 1.807) is 12.1 Å². The third-order valence-corrected chi connectivity index (χ3v) is 4.06. The molecule has 0 bridgehead atoms. The molecule has 0 radical (unpaired) electrons. The van der Waals surface area contributed by atoms with Gasteiger partial charge in [0, 0.05) is 23.3 Å². The number of nitrogens with two attached hydrogens (primary N) is 1. The van der Waals surface area contributed by atoms with Crippen LogP contribution in [0.15, 0.2) is 59.0 Å². The van der Waals surface area contributed by atoms with Crippen LogP contribution in [0.2, 0.25) is 0 Å². The lowest BCUT2D eigenvalue weighted by atomic mass is 10.1. The van der Waals surface area contributed by atoms with Crippen LogP contribution in [0, 0.1) is 10.1 Å². The number of aromatic nitrogens is 2. The highest BCUT2D eigenvalue weighted by molar-refractivity contribution is 5.55. The predicted octanol–water partition coefficient (Wildman–Crippen LogP) is 3.03. The van der Waals surface area contributed by atoms with Crippen molar-refractivity contribution in [2.45, 2.75) is 25.9 Å². The second-order valence-corrected chi connectivity index (χ2v) is 5.93. The first-order valence-electron chi connectivity index (χ1n) is 8.02. The largest absolute Gasteiger partial charge is 0.415 e. The lowest BCUT2D eigenvalue weighted by molar-refractivity contribution is -0.730. The molecular formula is C18H19N4O3+. The van der Waals surface area contributed by atoms with E-state index in [1.807, 2.05) is 25.1 Å². The van der Waals surface area contributed by atoms with E-state index in [9.17, 15) is 10.1 Å². The van der Waals surface area contributed by atoms with Crippen molar-refractivity contribution in [2.75, 3.05) is 0 Å². The van der Waals surface area contributed by atoms with Crippen LogP contribution in [0.25, 0.3) is 11.5 Å². The number of rotatable bonds is 6. The zero-order chi connectivity index (χ0) is 17.8. The third-order valence-electron chi connectivity index (χ3n) is 4.06. The Labute approximate surface area is 144 Å². The van der Waals surface area contributed by atoms with Crippen LogP contribution in [0.3, 0.4) is 0 Å². The van der Waals surface area contributed by atoms with Gasteiger partial charge in [-0.2, -0.15) is 0 Å². The number of non-ortho nitro benzene ring substituents is 1. The Morgan fingerprint density at radius 2 is 1.68 bits per heavy atom. The molecule has 0 amide bonds. The van der Waals surface area contributed by atoms with E-state index in [0.717, 1.165) is 0 Å². The first-order valence-corrected chi connectivity index (χ1v) is 8.02. The van der Waals surface area contributed by atoms with Crippen LogP contribution in [0.4, 0.5) is 5.69 Å². The molecule has 0 aliphatic rings. The first kappa shape index (κ1) is 16.8. The molecule has 0 spiro atoms. The zero-order valence-electron chi connectivity index (χ0n) is 14.0. The molecule has 0 saturated heterocycles. The maximum atomic E-state index is 10.7. The summed E-state index contributed by atoms with van der Waals surface area (Å²) < 4.78 is 5.75. The molecular weight excluding hydrogens is 320 g/mol. The highest BCUT2D eigenvalue weighted by atomic mass is 16.6. The predicted molar refractivity (Wildman–Crippen MR) is 91.6 cm³/mol. The second-order valence-electron chi connectivity index (χ2n) is 5.93. The summed E-state index contributed by atoms with van der Waals surface area (Å²) in [5.74, 6) is 0.883. The van der Waals surface area contributed by atoms with E-state index in [4.69, 9.17) is 4.42 Å². The van der Waals surface area contributed by atoms with Gasteiger partial charge in [0.2, 0.25) is 5.89 Å². The summed E-state index contributed by atoms with van der Waals surface area (Å²) >= 11 is 0. The molecule has 0 saturated carbocycles. The lowest BCUT2D eigenvalue weighted by Gasteiger charge is -2.14. The second kappa shape index (κ2) is 7.23. The molecule has 7 heteroatoms. The topological polar surface area (TPSA) is 98.7 Å². The van der Waals surface area contributed by atoms with E-state index in [0.29, 0.717) is 17.3 Å². The first-order chi connectivity index (χ1) is 12.0. The molecule has 128 valence electrons. The van der Waals surface area contributed by atoms with Gasteiger partial charge in [-0.15, -0.1) is 10.2 Å². The third kappa shape index (κ3) is 3.89. The van der Waals surface area contributed by atoms with Crippen LogP contribution in [0.5, 0.6) is 0 Å². The monoisotopic (exact) mass is 339 g/mol. The van der Waals surface area contributed by atoms with Gasteiger partial charge in [0.15, 0.2) is 6.04 Å². The number of quaternary nitrogens is 1. The van der Waals surface area contributed by atoms with Gasteiger partial charge in [-0.1, -0.05) is 30.3 Å². The molecule has 0 fully saturated rings. The molecule has 0 unspecified atom stereocenters. The summed E-state index contributed by atoms with van der Waals surface area (Å²) in [7, 11) is 0. The minimum absolute atomic E-state index is 0.00509. The summed E-state index contributed by atoms with van der Waals surface area (Å²) in [4.78, 5) is 10.3. The zero-order valence-corrected chi connectivity index (χ0v) is 14.0. The molecule has 0 aliphatic carbocycles. The highest BCUT2D eigenvalue weighted by Crippen LogP contribution is 2.22. The highest BCUT2D eigenvalue weighted by Gasteiger charge is 2.21. The van der Waals surface area contributed by atoms with E-state index >= 15 is 0 Å². The van der Waals surface area contributed by atoms with Crippen molar-refractivity contribution in [3.8, 4) is 11.5 Å². The Morgan fingerprint density at radius 1 is 1.00 bits per heavy atom. The normalized spacial score (nSPS) is 13.4. The summed E-state index contributed by atoms with van der Waals surface area (Å²) in [6.07, 6.45) is 0. The van der Waals surface area contributed by atoms with Gasteiger partial charge in [-0.25, -0.2) is 0 Å². The van der Waals surface area contributed by atoms with Crippen LogP contribution in [-0.4, -0.2) is 15.1 Å². The molecule has 1 heterocycles. The number of hydrogen-bond acceptors (Lipinski definition) is 5. The fourth-order valence-electron chi connectivity index (χ4n) is 2.64. The Hall–Kier alpha value is -3.06. The van der Waals surface area contributed by atoms with Crippen LogP contribution in [-0.2, 0) is 0 Å². The fourth-order valence-corrected chi connectivity index (χ4v) is 2.64. The van der Waals surface area contributed by atoms with Crippen LogP contribution >= 0.6 is 0 Å². The Bertz CT molecular complexity index is 846. The molecule has 2 aromatic carbocycles. The number of nitro groups is 1. The van der Waals surface area contributed by atoms with Crippen molar-refractivity contribution in [2.24, 2.45) is 0 Å².